The Morgan fingerprint density at radius 2 is 2.00 bits per heavy atom. The maximum Gasteiger partial charge on any atom is 0.0356 e. The average Bonchev–Trinajstić information content (AvgIpc) is 2.04. The SMILES string of the molecule is CSN1CC2CC(C1)N2S. The summed E-state index contributed by atoms with van der Waals surface area (Å²) in [6, 6.07) is 1.46. The number of hydrogen-bond donors (Lipinski definition) is 1. The van der Waals surface area contributed by atoms with Crippen molar-refractivity contribution >= 4 is 24.8 Å². The molecular formula is C6H12N2S2. The molecule has 2 atom stereocenters. The van der Waals surface area contributed by atoms with Crippen LogP contribution in [0.4, 0.5) is 0 Å². The highest BCUT2D eigenvalue weighted by Crippen LogP contribution is 2.35. The van der Waals surface area contributed by atoms with Gasteiger partial charge < -0.3 is 0 Å². The fourth-order valence-corrected chi connectivity index (χ4v) is 2.68. The van der Waals surface area contributed by atoms with E-state index in [-0.39, 0.29) is 0 Å². The summed E-state index contributed by atoms with van der Waals surface area (Å²) >= 11 is 6.24. The fourth-order valence-electron chi connectivity index (χ4n) is 1.70. The van der Waals surface area contributed by atoms with Crippen molar-refractivity contribution in [3.63, 3.8) is 0 Å². The van der Waals surface area contributed by atoms with E-state index in [2.05, 4.69) is 27.7 Å². The van der Waals surface area contributed by atoms with Crippen molar-refractivity contribution in [3.05, 3.63) is 0 Å². The molecule has 58 valence electrons. The van der Waals surface area contributed by atoms with Gasteiger partial charge in [-0.05, 0) is 12.7 Å². The summed E-state index contributed by atoms with van der Waals surface area (Å²) in [7, 11) is 0. The number of fused-ring (bicyclic) bond motifs is 2. The van der Waals surface area contributed by atoms with E-state index in [0.717, 1.165) is 12.1 Å². The summed E-state index contributed by atoms with van der Waals surface area (Å²) in [4.78, 5) is 0. The van der Waals surface area contributed by atoms with E-state index in [4.69, 9.17) is 0 Å². The molecule has 2 nitrogen and oxygen atoms in total. The molecule has 0 saturated carbocycles. The zero-order valence-electron chi connectivity index (χ0n) is 6.03. The van der Waals surface area contributed by atoms with E-state index >= 15 is 0 Å². The molecule has 2 bridgehead atoms. The zero-order chi connectivity index (χ0) is 7.14. The van der Waals surface area contributed by atoms with Crippen LogP contribution in [0.2, 0.25) is 0 Å². The Kier molecular flexibility index (Phi) is 1.88. The zero-order valence-corrected chi connectivity index (χ0v) is 7.74. The lowest BCUT2D eigenvalue weighted by molar-refractivity contribution is 0.0470. The van der Waals surface area contributed by atoms with Gasteiger partial charge in [0.15, 0.2) is 0 Å². The standard InChI is InChI=1S/C6H12N2S2/c1-10-7-3-5-2-6(4-7)8(5)9/h5-6,9H,2-4H2,1H3. The number of piperazine rings is 1. The fraction of sp³-hybridized carbons (Fsp3) is 1.00. The van der Waals surface area contributed by atoms with E-state index < -0.39 is 0 Å². The van der Waals surface area contributed by atoms with Crippen molar-refractivity contribution in [3.8, 4) is 0 Å². The third-order valence-corrected chi connectivity index (χ3v) is 3.85. The molecule has 0 aromatic carbocycles. The summed E-state index contributed by atoms with van der Waals surface area (Å²) in [5.74, 6) is 0. The monoisotopic (exact) mass is 176 g/mol. The van der Waals surface area contributed by atoms with Crippen molar-refractivity contribution < 1.29 is 0 Å². The maximum absolute atomic E-state index is 4.38. The van der Waals surface area contributed by atoms with E-state index in [1.165, 1.54) is 19.5 Å². The van der Waals surface area contributed by atoms with E-state index in [1.54, 1.807) is 0 Å². The molecule has 2 unspecified atom stereocenters. The van der Waals surface area contributed by atoms with Crippen LogP contribution in [0, 0.1) is 0 Å². The molecule has 0 aliphatic carbocycles. The molecule has 0 aromatic rings. The highest BCUT2D eigenvalue weighted by atomic mass is 32.2. The second kappa shape index (κ2) is 2.59. The van der Waals surface area contributed by atoms with Crippen molar-refractivity contribution in [1.29, 1.82) is 0 Å². The van der Waals surface area contributed by atoms with Gasteiger partial charge in [-0.3, -0.25) is 0 Å². The highest BCUT2D eigenvalue weighted by Gasteiger charge is 2.42. The average molecular weight is 176 g/mol. The molecule has 0 spiro atoms. The van der Waals surface area contributed by atoms with Gasteiger partial charge in [0, 0.05) is 25.2 Å². The molecule has 3 aliphatic rings. The number of nitrogens with zero attached hydrogens (tertiary/aromatic N) is 2. The van der Waals surface area contributed by atoms with E-state index in [0.29, 0.717) is 0 Å². The summed E-state index contributed by atoms with van der Waals surface area (Å²) < 4.78 is 4.62. The second-order valence-electron chi connectivity index (χ2n) is 2.95. The molecule has 0 amide bonds. The molecule has 3 saturated heterocycles. The molecule has 3 fully saturated rings. The molecule has 10 heavy (non-hydrogen) atoms. The van der Waals surface area contributed by atoms with Crippen LogP contribution < -0.4 is 0 Å². The largest absolute Gasteiger partial charge is 0.248 e. The summed E-state index contributed by atoms with van der Waals surface area (Å²) in [5, 5.41) is 0. The Hall–Kier alpha value is 0.620. The quantitative estimate of drug-likeness (QED) is 0.468. The normalized spacial score (nSPS) is 41.4. The minimum atomic E-state index is 0.731. The molecule has 3 heterocycles. The summed E-state index contributed by atoms with van der Waals surface area (Å²) in [6.07, 6.45) is 3.51. The van der Waals surface area contributed by atoms with Gasteiger partial charge in [-0.25, -0.2) is 8.61 Å². The first kappa shape index (κ1) is 7.28. The van der Waals surface area contributed by atoms with Crippen LogP contribution in [0.25, 0.3) is 0 Å². The Bertz CT molecular complexity index is 130. The molecule has 3 rings (SSSR count). The Labute approximate surface area is 71.6 Å². The highest BCUT2D eigenvalue weighted by molar-refractivity contribution is 7.96. The lowest BCUT2D eigenvalue weighted by Crippen LogP contribution is -2.63. The van der Waals surface area contributed by atoms with Crippen LogP contribution in [0.15, 0.2) is 0 Å². The first-order valence-electron chi connectivity index (χ1n) is 3.57. The molecule has 4 heteroatoms. The smallest absolute Gasteiger partial charge is 0.0356 e. The Morgan fingerprint density at radius 3 is 2.40 bits per heavy atom. The predicted molar refractivity (Wildman–Crippen MR) is 48.1 cm³/mol. The Balaban J connectivity index is 1.93. The number of thiol groups is 1. The van der Waals surface area contributed by atoms with Gasteiger partial charge in [0.05, 0.1) is 0 Å². The van der Waals surface area contributed by atoms with E-state index in [1.807, 2.05) is 11.9 Å². The summed E-state index contributed by atoms with van der Waals surface area (Å²) in [6.45, 7) is 2.39. The lowest BCUT2D eigenvalue weighted by Gasteiger charge is -2.53. The lowest BCUT2D eigenvalue weighted by atomic mass is 9.93. The van der Waals surface area contributed by atoms with Gasteiger partial charge in [-0.2, -0.15) is 0 Å². The third-order valence-electron chi connectivity index (χ3n) is 2.38. The van der Waals surface area contributed by atoms with Gasteiger partial charge in [-0.1, -0.05) is 24.8 Å². The van der Waals surface area contributed by atoms with Gasteiger partial charge >= 0.3 is 0 Å². The van der Waals surface area contributed by atoms with Crippen molar-refractivity contribution in [1.82, 2.24) is 8.61 Å². The molecule has 0 aromatic heterocycles. The van der Waals surface area contributed by atoms with Crippen LogP contribution in [0.1, 0.15) is 6.42 Å². The molecule has 0 radical (unpaired) electrons. The van der Waals surface area contributed by atoms with Crippen LogP contribution >= 0.6 is 24.8 Å². The van der Waals surface area contributed by atoms with Crippen LogP contribution in [0.5, 0.6) is 0 Å². The number of piperidine rings is 1. The number of rotatable bonds is 1. The van der Waals surface area contributed by atoms with Gasteiger partial charge in [0.2, 0.25) is 0 Å². The molecular weight excluding hydrogens is 164 g/mol. The second-order valence-corrected chi connectivity index (χ2v) is 4.30. The van der Waals surface area contributed by atoms with Crippen LogP contribution in [-0.2, 0) is 0 Å². The molecule has 0 N–H and O–H groups in total. The summed E-state index contributed by atoms with van der Waals surface area (Å²) in [5.41, 5.74) is 0. The number of hydrogen-bond acceptors (Lipinski definition) is 4. The van der Waals surface area contributed by atoms with Gasteiger partial charge in [0.25, 0.3) is 0 Å². The topological polar surface area (TPSA) is 6.48 Å². The molecule has 3 aliphatic heterocycles. The van der Waals surface area contributed by atoms with Crippen molar-refractivity contribution in [2.24, 2.45) is 0 Å². The van der Waals surface area contributed by atoms with Crippen molar-refractivity contribution in [2.45, 2.75) is 18.5 Å². The van der Waals surface area contributed by atoms with Crippen molar-refractivity contribution in [2.75, 3.05) is 19.3 Å². The van der Waals surface area contributed by atoms with Crippen LogP contribution in [-0.4, -0.2) is 40.0 Å². The maximum atomic E-state index is 4.38. The van der Waals surface area contributed by atoms with Gasteiger partial charge in [-0.15, -0.1) is 0 Å². The predicted octanol–water partition coefficient (Wildman–Crippen LogP) is 0.868. The van der Waals surface area contributed by atoms with E-state index in [9.17, 15) is 0 Å². The minimum absolute atomic E-state index is 0.731. The van der Waals surface area contributed by atoms with Crippen LogP contribution in [0.3, 0.4) is 0 Å². The first-order chi connectivity index (χ1) is 4.81. The minimum Gasteiger partial charge on any atom is -0.248 e. The third kappa shape index (κ3) is 0.978. The first-order valence-corrected chi connectivity index (χ1v) is 5.15. The van der Waals surface area contributed by atoms with Gasteiger partial charge in [0.1, 0.15) is 0 Å². The Morgan fingerprint density at radius 1 is 1.40 bits per heavy atom.